The van der Waals surface area contributed by atoms with Crippen molar-refractivity contribution in [3.05, 3.63) is 76.6 Å². The normalized spacial score (nSPS) is 15.4. The smallest absolute Gasteiger partial charge is 0.360 e. The summed E-state index contributed by atoms with van der Waals surface area (Å²) in [5, 5.41) is 3.28. The van der Waals surface area contributed by atoms with Gasteiger partial charge in [-0.25, -0.2) is 4.79 Å². The molecule has 40 heavy (non-hydrogen) atoms. The van der Waals surface area contributed by atoms with E-state index in [1.54, 1.807) is 50.6 Å². The van der Waals surface area contributed by atoms with Crippen LogP contribution in [0.15, 0.2) is 69.9 Å². The summed E-state index contributed by atoms with van der Waals surface area (Å²) >= 11 is 0. The number of hydrogen-bond donors (Lipinski definition) is 1. The highest BCUT2D eigenvalue weighted by Crippen LogP contribution is 2.37. The van der Waals surface area contributed by atoms with Gasteiger partial charge in [-0.2, -0.15) is 0 Å². The van der Waals surface area contributed by atoms with E-state index in [1.165, 1.54) is 7.11 Å². The van der Waals surface area contributed by atoms with Crippen LogP contribution in [0.3, 0.4) is 0 Å². The van der Waals surface area contributed by atoms with Crippen LogP contribution in [0.25, 0.3) is 22.1 Å². The van der Waals surface area contributed by atoms with Crippen molar-refractivity contribution in [1.29, 1.82) is 0 Å². The molecule has 3 aromatic carbocycles. The molecule has 4 aromatic rings. The first-order valence-corrected chi connectivity index (χ1v) is 13.0. The molecule has 0 radical (unpaired) electrons. The second-order valence-electron chi connectivity index (χ2n) is 9.71. The van der Waals surface area contributed by atoms with Gasteiger partial charge in [0.05, 0.1) is 21.3 Å². The number of anilines is 1. The average molecular weight is 545 g/mol. The number of piperidine rings is 1. The first-order valence-electron chi connectivity index (χ1n) is 13.0. The van der Waals surface area contributed by atoms with Gasteiger partial charge in [0.1, 0.15) is 23.3 Å². The number of likely N-dealkylation sites (N-methyl/N-ethyl adjacent to an activating group) is 1. The average Bonchev–Trinajstić information content (AvgIpc) is 2.97. The maximum atomic E-state index is 13.2. The number of benzene rings is 3. The molecule has 1 N–H and O–H groups in total. The summed E-state index contributed by atoms with van der Waals surface area (Å²) in [5.41, 5.74) is 1.45. The number of nitrogens with zero attached hydrogens (tertiary/aromatic N) is 1. The number of likely N-dealkylation sites (tertiary alicyclic amines) is 1. The summed E-state index contributed by atoms with van der Waals surface area (Å²) in [6, 6.07) is 17.7. The summed E-state index contributed by atoms with van der Waals surface area (Å²) < 4.78 is 28.3. The Morgan fingerprint density at radius 3 is 2.55 bits per heavy atom. The van der Waals surface area contributed by atoms with Gasteiger partial charge in [-0.15, -0.1) is 0 Å². The zero-order valence-electron chi connectivity index (χ0n) is 23.0. The van der Waals surface area contributed by atoms with Gasteiger partial charge in [0.2, 0.25) is 5.75 Å². The van der Waals surface area contributed by atoms with Crippen molar-refractivity contribution in [3.8, 4) is 34.1 Å². The van der Waals surface area contributed by atoms with E-state index in [1.807, 2.05) is 24.3 Å². The summed E-state index contributed by atoms with van der Waals surface area (Å²) in [6.45, 7) is 1.85. The van der Waals surface area contributed by atoms with Crippen LogP contribution in [0.4, 0.5) is 5.69 Å². The van der Waals surface area contributed by atoms with Crippen LogP contribution in [-0.2, 0) is 0 Å². The first kappa shape index (κ1) is 27.1. The molecule has 208 valence electrons. The van der Waals surface area contributed by atoms with E-state index >= 15 is 0 Å². The molecular weight excluding hydrogens is 512 g/mol. The number of hydrogen-bond acceptors (Lipinski definition) is 8. The molecule has 0 aliphatic carbocycles. The Hall–Kier alpha value is -4.50. The summed E-state index contributed by atoms with van der Waals surface area (Å²) in [7, 11) is 6.73. The van der Waals surface area contributed by atoms with Crippen LogP contribution in [0.5, 0.6) is 23.0 Å². The van der Waals surface area contributed by atoms with Crippen LogP contribution >= 0.6 is 0 Å². The number of carbonyl (C=O) groups excluding carboxylic acids is 1. The maximum Gasteiger partial charge on any atom is 0.360 e. The Balaban J connectivity index is 1.42. The molecule has 1 fully saturated rings. The minimum atomic E-state index is -0.699. The summed E-state index contributed by atoms with van der Waals surface area (Å²) in [6.07, 6.45) is 2.00. The number of methoxy groups -OCH3 is 3. The molecular formula is C31H32N2O7. The topological polar surface area (TPSA) is 99.5 Å². The third-order valence-corrected chi connectivity index (χ3v) is 6.99. The Bertz CT molecular complexity index is 1600. The molecule has 1 unspecified atom stereocenters. The van der Waals surface area contributed by atoms with Crippen LogP contribution in [0.2, 0.25) is 0 Å². The van der Waals surface area contributed by atoms with E-state index in [9.17, 15) is 9.59 Å². The van der Waals surface area contributed by atoms with Crippen molar-refractivity contribution < 1.29 is 28.2 Å². The van der Waals surface area contributed by atoms with Crippen molar-refractivity contribution in [2.24, 2.45) is 0 Å². The molecule has 0 spiro atoms. The van der Waals surface area contributed by atoms with Gasteiger partial charge in [-0.3, -0.25) is 4.79 Å². The predicted octanol–water partition coefficient (Wildman–Crippen LogP) is 5.21. The van der Waals surface area contributed by atoms with E-state index < -0.39 is 11.5 Å². The highest BCUT2D eigenvalue weighted by atomic mass is 16.5. The third-order valence-electron chi connectivity index (χ3n) is 6.99. The number of amides is 1. The van der Waals surface area contributed by atoms with E-state index in [0.29, 0.717) is 39.5 Å². The number of ether oxygens (including phenoxy) is 4. The van der Waals surface area contributed by atoms with Crippen molar-refractivity contribution in [2.75, 3.05) is 46.8 Å². The van der Waals surface area contributed by atoms with Crippen LogP contribution in [0.1, 0.15) is 23.2 Å². The molecule has 1 aliphatic rings. The zero-order chi connectivity index (χ0) is 28.2. The molecule has 1 aliphatic heterocycles. The lowest BCUT2D eigenvalue weighted by Crippen LogP contribution is -2.38. The standard InChI is InChI=1S/C31H32N2O7/c1-33-14-6-9-23(18-33)39-27-13-10-20-17-25(31(35)40-28(20)29(27)38-4)32-30(34)21-11-12-26(37-3)24(16-21)19-7-5-8-22(15-19)36-2/h5,7-8,10-13,15-17,23H,6,9,14,18H2,1-4H3,(H,32,34). The Morgan fingerprint density at radius 2 is 1.80 bits per heavy atom. The minimum absolute atomic E-state index is 0.0147. The summed E-state index contributed by atoms with van der Waals surface area (Å²) in [4.78, 5) is 28.4. The van der Waals surface area contributed by atoms with Crippen molar-refractivity contribution in [3.63, 3.8) is 0 Å². The Morgan fingerprint density at radius 1 is 0.975 bits per heavy atom. The molecule has 1 atom stereocenters. The van der Waals surface area contributed by atoms with Crippen LogP contribution in [0, 0.1) is 0 Å². The molecule has 0 bridgehead atoms. The van der Waals surface area contributed by atoms with E-state index in [0.717, 1.165) is 31.5 Å². The molecule has 9 heteroatoms. The predicted molar refractivity (Wildman–Crippen MR) is 153 cm³/mol. The number of rotatable bonds is 8. The van der Waals surface area contributed by atoms with Gasteiger partial charge >= 0.3 is 5.63 Å². The zero-order valence-corrected chi connectivity index (χ0v) is 23.0. The van der Waals surface area contributed by atoms with Crippen molar-refractivity contribution in [1.82, 2.24) is 4.90 Å². The van der Waals surface area contributed by atoms with Crippen LogP contribution in [-0.4, -0.2) is 58.4 Å². The molecule has 1 amide bonds. The highest BCUT2D eigenvalue weighted by molar-refractivity contribution is 6.06. The van der Waals surface area contributed by atoms with Gasteiger partial charge in [0.25, 0.3) is 5.91 Å². The lowest BCUT2D eigenvalue weighted by molar-refractivity contribution is 0.101. The van der Waals surface area contributed by atoms with Gasteiger partial charge in [-0.05, 0) is 80.5 Å². The SMILES string of the molecule is COc1cccc(-c2cc(C(=O)Nc3cc4ccc(OC5CCCN(C)C5)c(OC)c4oc3=O)ccc2OC)c1. The molecule has 9 nitrogen and oxygen atoms in total. The van der Waals surface area contributed by atoms with Gasteiger partial charge in [-0.1, -0.05) is 12.1 Å². The summed E-state index contributed by atoms with van der Waals surface area (Å²) in [5.74, 6) is 1.67. The quantitative estimate of drug-likeness (QED) is 0.302. The fraction of sp³-hybridized carbons (Fsp3) is 0.290. The first-order chi connectivity index (χ1) is 19.4. The van der Waals surface area contributed by atoms with Crippen molar-refractivity contribution in [2.45, 2.75) is 18.9 Å². The van der Waals surface area contributed by atoms with E-state index in [2.05, 4.69) is 17.3 Å². The second kappa shape index (κ2) is 11.7. The second-order valence-corrected chi connectivity index (χ2v) is 9.71. The molecule has 1 aromatic heterocycles. The molecule has 2 heterocycles. The lowest BCUT2D eigenvalue weighted by atomic mass is 10.0. The van der Waals surface area contributed by atoms with Gasteiger partial charge in [0.15, 0.2) is 11.3 Å². The minimum Gasteiger partial charge on any atom is -0.497 e. The van der Waals surface area contributed by atoms with E-state index in [-0.39, 0.29) is 17.4 Å². The van der Waals surface area contributed by atoms with Gasteiger partial charge in [0, 0.05) is 23.1 Å². The fourth-order valence-electron chi connectivity index (χ4n) is 4.97. The van der Waals surface area contributed by atoms with E-state index in [4.69, 9.17) is 23.4 Å². The highest BCUT2D eigenvalue weighted by Gasteiger charge is 2.23. The lowest BCUT2D eigenvalue weighted by Gasteiger charge is -2.30. The number of carbonyl (C=O) groups is 1. The van der Waals surface area contributed by atoms with Crippen LogP contribution < -0.4 is 29.9 Å². The molecule has 5 rings (SSSR count). The monoisotopic (exact) mass is 544 g/mol. The molecule has 0 saturated carbocycles. The Kier molecular flexibility index (Phi) is 7.93. The van der Waals surface area contributed by atoms with Crippen molar-refractivity contribution >= 4 is 22.6 Å². The third kappa shape index (κ3) is 5.60. The maximum absolute atomic E-state index is 13.2. The Labute approximate surface area is 232 Å². The molecule has 1 saturated heterocycles. The number of fused-ring (bicyclic) bond motifs is 1. The number of nitrogens with one attached hydrogen (secondary N) is 1. The fourth-order valence-corrected chi connectivity index (χ4v) is 4.97. The largest absolute Gasteiger partial charge is 0.497 e. The van der Waals surface area contributed by atoms with Gasteiger partial charge < -0.3 is 33.6 Å².